The molecule has 20 heavy (non-hydrogen) atoms. The fourth-order valence-electron chi connectivity index (χ4n) is 1.66. The third-order valence-electron chi connectivity index (χ3n) is 2.69. The van der Waals surface area contributed by atoms with Crippen LogP contribution in [0.4, 0.5) is 0 Å². The first kappa shape index (κ1) is 17.6. The second-order valence-corrected chi connectivity index (χ2v) is 6.60. The summed E-state index contributed by atoms with van der Waals surface area (Å²) < 4.78 is 5.75. The van der Waals surface area contributed by atoms with Crippen molar-refractivity contribution in [1.82, 2.24) is 5.32 Å². The number of rotatable bonds is 7. The Morgan fingerprint density at radius 2 is 1.90 bits per heavy atom. The van der Waals surface area contributed by atoms with Gasteiger partial charge in [0.05, 0.1) is 11.6 Å². The maximum absolute atomic E-state index is 8.77. The lowest BCUT2D eigenvalue weighted by molar-refractivity contribution is 0.251. The minimum atomic E-state index is 0.00293. The summed E-state index contributed by atoms with van der Waals surface area (Å²) >= 11 is 12.3. The summed E-state index contributed by atoms with van der Waals surface area (Å²) in [6.45, 7) is 7.64. The molecule has 1 rings (SSSR count). The van der Waals surface area contributed by atoms with E-state index in [0.29, 0.717) is 28.9 Å². The average Bonchev–Trinajstić information content (AvgIpc) is 2.33. The summed E-state index contributed by atoms with van der Waals surface area (Å²) in [5, 5.41) is 13.3. The van der Waals surface area contributed by atoms with Crippen molar-refractivity contribution in [2.75, 3.05) is 13.2 Å². The zero-order valence-corrected chi connectivity index (χ0v) is 13.8. The molecule has 0 aliphatic rings. The Labute approximate surface area is 131 Å². The van der Waals surface area contributed by atoms with Gasteiger partial charge in [0.1, 0.15) is 5.75 Å². The number of unbranched alkanes of at least 4 members (excludes halogenated alkanes) is 1. The predicted molar refractivity (Wildman–Crippen MR) is 84.9 cm³/mol. The van der Waals surface area contributed by atoms with Crippen LogP contribution in [0.3, 0.4) is 0 Å². The van der Waals surface area contributed by atoms with Crippen LogP contribution < -0.4 is 10.1 Å². The van der Waals surface area contributed by atoms with E-state index in [-0.39, 0.29) is 12.1 Å². The molecular weight excluding hydrogens is 297 g/mol. The van der Waals surface area contributed by atoms with Crippen molar-refractivity contribution in [2.24, 2.45) is 0 Å². The molecular formula is C15H23Cl2NO2. The molecule has 1 aromatic rings. The van der Waals surface area contributed by atoms with Gasteiger partial charge in [-0.05, 0) is 45.7 Å². The van der Waals surface area contributed by atoms with Crippen LogP contribution in [0.1, 0.15) is 39.2 Å². The van der Waals surface area contributed by atoms with Crippen molar-refractivity contribution in [3.05, 3.63) is 27.7 Å². The molecule has 0 heterocycles. The van der Waals surface area contributed by atoms with E-state index in [2.05, 4.69) is 26.1 Å². The molecule has 0 saturated carbocycles. The zero-order chi connectivity index (χ0) is 15.2. The lowest BCUT2D eigenvalue weighted by Gasteiger charge is -2.22. The standard InChI is InChI=1S/C15H23Cl2NO2/c1-15(2,3)18-10-11-8-12(16)9-13(17)14(11)20-7-5-4-6-19/h8-9,18-19H,4-7,10H2,1-3H3. The van der Waals surface area contributed by atoms with Gasteiger partial charge in [0.2, 0.25) is 0 Å². The first-order valence-corrected chi connectivity index (χ1v) is 7.55. The molecule has 114 valence electrons. The predicted octanol–water partition coefficient (Wildman–Crippen LogP) is 4.03. The van der Waals surface area contributed by atoms with Gasteiger partial charge in [0.25, 0.3) is 0 Å². The molecule has 2 N–H and O–H groups in total. The monoisotopic (exact) mass is 319 g/mol. The third kappa shape index (κ3) is 6.31. The Bertz CT molecular complexity index is 431. The number of ether oxygens (including phenoxy) is 1. The molecule has 0 fully saturated rings. The summed E-state index contributed by atoms with van der Waals surface area (Å²) in [5.41, 5.74) is 0.949. The first-order valence-electron chi connectivity index (χ1n) is 6.80. The van der Waals surface area contributed by atoms with E-state index < -0.39 is 0 Å². The highest BCUT2D eigenvalue weighted by molar-refractivity contribution is 6.35. The topological polar surface area (TPSA) is 41.5 Å². The number of aliphatic hydroxyl groups excluding tert-OH is 1. The molecule has 0 bridgehead atoms. The van der Waals surface area contributed by atoms with E-state index in [1.54, 1.807) is 6.07 Å². The van der Waals surface area contributed by atoms with E-state index in [4.69, 9.17) is 33.0 Å². The van der Waals surface area contributed by atoms with Gasteiger partial charge in [0.15, 0.2) is 0 Å². The molecule has 0 aliphatic carbocycles. The molecule has 0 unspecified atom stereocenters. The normalized spacial score (nSPS) is 11.7. The van der Waals surface area contributed by atoms with Crippen LogP contribution >= 0.6 is 23.2 Å². The molecule has 0 amide bonds. The Kier molecular flexibility index (Phi) is 7.10. The number of hydrogen-bond donors (Lipinski definition) is 2. The van der Waals surface area contributed by atoms with Gasteiger partial charge >= 0.3 is 0 Å². The summed E-state index contributed by atoms with van der Waals surface area (Å²) in [7, 11) is 0. The quantitative estimate of drug-likeness (QED) is 0.745. The average molecular weight is 320 g/mol. The Morgan fingerprint density at radius 3 is 2.50 bits per heavy atom. The minimum absolute atomic E-state index is 0.00293. The third-order valence-corrected chi connectivity index (χ3v) is 3.19. The highest BCUT2D eigenvalue weighted by Gasteiger charge is 2.14. The number of halogens is 2. The highest BCUT2D eigenvalue weighted by Crippen LogP contribution is 2.33. The molecule has 0 spiro atoms. The lowest BCUT2D eigenvalue weighted by Crippen LogP contribution is -2.35. The summed E-state index contributed by atoms with van der Waals surface area (Å²) in [5.74, 6) is 0.672. The van der Waals surface area contributed by atoms with Gasteiger partial charge in [-0.3, -0.25) is 0 Å². The van der Waals surface area contributed by atoms with Crippen LogP contribution in [-0.4, -0.2) is 23.9 Å². The van der Waals surface area contributed by atoms with Crippen molar-refractivity contribution in [3.63, 3.8) is 0 Å². The number of aliphatic hydroxyl groups is 1. The molecule has 5 heteroatoms. The van der Waals surface area contributed by atoms with Crippen molar-refractivity contribution in [3.8, 4) is 5.75 Å². The zero-order valence-electron chi connectivity index (χ0n) is 12.3. The van der Waals surface area contributed by atoms with Crippen molar-refractivity contribution in [2.45, 2.75) is 45.7 Å². The second-order valence-electron chi connectivity index (χ2n) is 5.76. The molecule has 0 aliphatic heterocycles. The van der Waals surface area contributed by atoms with Crippen LogP contribution in [0.25, 0.3) is 0 Å². The van der Waals surface area contributed by atoms with Crippen LogP contribution in [0, 0.1) is 0 Å². The smallest absolute Gasteiger partial charge is 0.142 e. The molecule has 0 aromatic heterocycles. The molecule has 0 saturated heterocycles. The van der Waals surface area contributed by atoms with Gasteiger partial charge in [0, 0.05) is 29.3 Å². The van der Waals surface area contributed by atoms with Crippen LogP contribution in [0.2, 0.25) is 10.0 Å². The highest BCUT2D eigenvalue weighted by atomic mass is 35.5. The summed E-state index contributed by atoms with van der Waals surface area (Å²) in [6, 6.07) is 3.55. The van der Waals surface area contributed by atoms with Gasteiger partial charge in [-0.25, -0.2) is 0 Å². The maximum Gasteiger partial charge on any atom is 0.142 e. The number of nitrogens with one attached hydrogen (secondary N) is 1. The first-order chi connectivity index (χ1) is 9.33. The summed E-state index contributed by atoms with van der Waals surface area (Å²) in [6.07, 6.45) is 1.52. The molecule has 1 aromatic carbocycles. The lowest BCUT2D eigenvalue weighted by atomic mass is 10.1. The van der Waals surface area contributed by atoms with Crippen molar-refractivity contribution >= 4 is 23.2 Å². The van der Waals surface area contributed by atoms with E-state index in [9.17, 15) is 0 Å². The molecule has 3 nitrogen and oxygen atoms in total. The maximum atomic E-state index is 8.77. The SMILES string of the molecule is CC(C)(C)NCc1cc(Cl)cc(Cl)c1OCCCCO. The van der Waals surface area contributed by atoms with E-state index in [0.717, 1.165) is 18.4 Å². The van der Waals surface area contributed by atoms with Gasteiger partial charge in [-0.2, -0.15) is 0 Å². The van der Waals surface area contributed by atoms with Gasteiger partial charge in [-0.1, -0.05) is 23.2 Å². The van der Waals surface area contributed by atoms with Gasteiger partial charge < -0.3 is 15.2 Å². The van der Waals surface area contributed by atoms with E-state index in [1.807, 2.05) is 6.07 Å². The fraction of sp³-hybridized carbons (Fsp3) is 0.600. The van der Waals surface area contributed by atoms with E-state index >= 15 is 0 Å². The minimum Gasteiger partial charge on any atom is -0.492 e. The van der Waals surface area contributed by atoms with Gasteiger partial charge in [-0.15, -0.1) is 0 Å². The molecule has 0 radical (unpaired) electrons. The van der Waals surface area contributed by atoms with Crippen molar-refractivity contribution in [1.29, 1.82) is 0 Å². The second kappa shape index (κ2) is 8.08. The van der Waals surface area contributed by atoms with Crippen LogP contribution in [0.5, 0.6) is 5.75 Å². The van der Waals surface area contributed by atoms with Crippen LogP contribution in [-0.2, 0) is 6.54 Å². The summed E-state index contributed by atoms with van der Waals surface area (Å²) in [4.78, 5) is 0. The van der Waals surface area contributed by atoms with Crippen molar-refractivity contribution < 1.29 is 9.84 Å². The number of hydrogen-bond acceptors (Lipinski definition) is 3. The Morgan fingerprint density at radius 1 is 1.20 bits per heavy atom. The van der Waals surface area contributed by atoms with Crippen LogP contribution in [0.15, 0.2) is 12.1 Å². The number of benzene rings is 1. The Balaban J connectivity index is 2.79. The fourth-order valence-corrected chi connectivity index (χ4v) is 2.25. The largest absolute Gasteiger partial charge is 0.492 e. The van der Waals surface area contributed by atoms with E-state index in [1.165, 1.54) is 0 Å². The molecule has 0 atom stereocenters. The Hall–Kier alpha value is -0.480.